The van der Waals surface area contributed by atoms with E-state index in [1.54, 1.807) is 11.3 Å². The molecule has 9 heteroatoms. The average Bonchev–Trinajstić information content (AvgIpc) is 3.43. The second-order valence-corrected chi connectivity index (χ2v) is 9.91. The monoisotopic (exact) mass is 450 g/mol. The van der Waals surface area contributed by atoms with Crippen molar-refractivity contribution in [1.29, 1.82) is 0 Å². The number of nitrogens with one attached hydrogen (secondary N) is 1. The van der Waals surface area contributed by atoms with Crippen molar-refractivity contribution in [2.24, 2.45) is 0 Å². The second kappa shape index (κ2) is 9.46. The number of likely N-dealkylation sites (tertiary alicyclic amines) is 1. The van der Waals surface area contributed by atoms with Crippen molar-refractivity contribution >= 4 is 28.2 Å². The molecule has 2 aliphatic rings. The maximum Gasteiger partial charge on any atom is 0.225 e. The summed E-state index contributed by atoms with van der Waals surface area (Å²) in [6, 6.07) is 4.22. The van der Waals surface area contributed by atoms with Gasteiger partial charge in [-0.2, -0.15) is 0 Å². The first-order valence-corrected chi connectivity index (χ1v) is 12.3. The van der Waals surface area contributed by atoms with E-state index >= 15 is 0 Å². The molecule has 0 aromatic carbocycles. The Morgan fingerprint density at radius 2 is 1.91 bits per heavy atom. The Bertz CT molecular complexity index is 1060. The van der Waals surface area contributed by atoms with Crippen molar-refractivity contribution in [2.75, 3.05) is 29.9 Å². The van der Waals surface area contributed by atoms with E-state index in [-0.39, 0.29) is 6.04 Å². The van der Waals surface area contributed by atoms with Crippen LogP contribution in [0.5, 0.6) is 0 Å². The summed E-state index contributed by atoms with van der Waals surface area (Å²) in [6.07, 6.45) is 9.73. The molecule has 168 valence electrons. The number of hydrogen-bond donors (Lipinski definition) is 1. The zero-order chi connectivity index (χ0) is 21.9. The van der Waals surface area contributed by atoms with E-state index in [1.807, 2.05) is 31.5 Å². The van der Waals surface area contributed by atoms with Gasteiger partial charge in [0.05, 0.1) is 11.7 Å². The van der Waals surface area contributed by atoms with Gasteiger partial charge in [-0.05, 0) is 58.6 Å². The highest BCUT2D eigenvalue weighted by Gasteiger charge is 2.29. The first kappa shape index (κ1) is 21.2. The largest absolute Gasteiger partial charge is 0.341 e. The Morgan fingerprint density at radius 3 is 2.72 bits per heavy atom. The van der Waals surface area contributed by atoms with Gasteiger partial charge in [0.25, 0.3) is 0 Å². The predicted octanol–water partition coefficient (Wildman–Crippen LogP) is 4.41. The van der Waals surface area contributed by atoms with Crippen molar-refractivity contribution < 1.29 is 0 Å². The van der Waals surface area contributed by atoms with Gasteiger partial charge in [-0.3, -0.25) is 4.90 Å². The van der Waals surface area contributed by atoms with Crippen LogP contribution in [0.15, 0.2) is 24.5 Å². The molecule has 1 atom stereocenters. The van der Waals surface area contributed by atoms with Crippen LogP contribution in [0.2, 0.25) is 0 Å². The lowest BCUT2D eigenvalue weighted by Gasteiger charge is -2.27. The Hall–Kier alpha value is -2.65. The quantitative estimate of drug-likeness (QED) is 0.591. The maximum atomic E-state index is 4.89. The maximum absolute atomic E-state index is 4.89. The van der Waals surface area contributed by atoms with Gasteiger partial charge < -0.3 is 10.2 Å². The number of anilines is 3. The van der Waals surface area contributed by atoms with Gasteiger partial charge in [-0.25, -0.2) is 24.9 Å². The average molecular weight is 451 g/mol. The number of thiazole rings is 1. The summed E-state index contributed by atoms with van der Waals surface area (Å²) >= 11 is 1.63. The first-order valence-electron chi connectivity index (χ1n) is 11.5. The molecule has 0 amide bonds. The van der Waals surface area contributed by atoms with E-state index in [0.717, 1.165) is 73.1 Å². The van der Waals surface area contributed by atoms with Gasteiger partial charge in [-0.1, -0.05) is 0 Å². The summed E-state index contributed by atoms with van der Waals surface area (Å²) in [5.74, 6) is 2.56. The molecule has 32 heavy (non-hydrogen) atoms. The van der Waals surface area contributed by atoms with Gasteiger partial charge in [0.2, 0.25) is 5.95 Å². The lowest BCUT2D eigenvalue weighted by molar-refractivity contribution is 0.237. The van der Waals surface area contributed by atoms with Crippen LogP contribution in [-0.4, -0.2) is 49.5 Å². The van der Waals surface area contributed by atoms with E-state index < -0.39 is 0 Å². The Kier molecular flexibility index (Phi) is 6.27. The van der Waals surface area contributed by atoms with E-state index in [0.29, 0.717) is 0 Å². The predicted molar refractivity (Wildman–Crippen MR) is 127 cm³/mol. The zero-order valence-electron chi connectivity index (χ0n) is 18.8. The molecule has 1 unspecified atom stereocenters. The third-order valence-electron chi connectivity index (χ3n) is 6.09. The summed E-state index contributed by atoms with van der Waals surface area (Å²) < 4.78 is 0. The van der Waals surface area contributed by atoms with E-state index in [9.17, 15) is 0 Å². The molecule has 5 rings (SSSR count). The summed E-state index contributed by atoms with van der Waals surface area (Å²) in [6.45, 7) is 8.01. The molecule has 0 radical (unpaired) electrons. The standard InChI is InChI=1S/C23H30N8S/c1-16-13-20(29-23-25-14-17(2)32-23)28-21(26-16)19-7-6-12-31(19)15-18-8-9-24-22(27-18)30-10-4-3-5-11-30/h8-9,13-14,19H,3-7,10-12,15H2,1-2H3,(H,25,26,28,29). The van der Waals surface area contributed by atoms with Crippen molar-refractivity contribution in [3.8, 4) is 0 Å². The summed E-state index contributed by atoms with van der Waals surface area (Å²) in [5.41, 5.74) is 2.03. The van der Waals surface area contributed by atoms with Gasteiger partial charge >= 0.3 is 0 Å². The van der Waals surface area contributed by atoms with E-state index in [2.05, 4.69) is 32.0 Å². The number of aromatic nitrogens is 5. The summed E-state index contributed by atoms with van der Waals surface area (Å²) in [4.78, 5) is 29.4. The van der Waals surface area contributed by atoms with Crippen LogP contribution in [0.3, 0.4) is 0 Å². The fourth-order valence-electron chi connectivity index (χ4n) is 4.56. The molecule has 0 aliphatic carbocycles. The Labute approximate surface area is 193 Å². The first-order chi connectivity index (χ1) is 15.6. The number of aryl methyl sites for hydroxylation is 2. The molecule has 2 saturated heterocycles. The molecular formula is C23H30N8S. The zero-order valence-corrected chi connectivity index (χ0v) is 19.6. The number of nitrogens with zero attached hydrogens (tertiary/aromatic N) is 7. The highest BCUT2D eigenvalue weighted by atomic mass is 32.1. The van der Waals surface area contributed by atoms with Crippen LogP contribution >= 0.6 is 11.3 Å². The van der Waals surface area contributed by atoms with Crippen molar-refractivity contribution in [3.05, 3.63) is 46.6 Å². The van der Waals surface area contributed by atoms with E-state index in [4.69, 9.17) is 15.0 Å². The van der Waals surface area contributed by atoms with Crippen LogP contribution in [-0.2, 0) is 6.54 Å². The number of rotatable bonds is 6. The lowest BCUT2D eigenvalue weighted by Crippen LogP contribution is -2.31. The third kappa shape index (κ3) is 4.88. The van der Waals surface area contributed by atoms with Gasteiger partial charge in [0.1, 0.15) is 11.6 Å². The Morgan fingerprint density at radius 1 is 1.03 bits per heavy atom. The fraction of sp³-hybridized carbons (Fsp3) is 0.522. The SMILES string of the molecule is Cc1cc(Nc2ncc(C)s2)nc(C2CCCN2Cc2ccnc(N3CCCCC3)n2)n1. The molecule has 0 saturated carbocycles. The molecule has 2 aliphatic heterocycles. The van der Waals surface area contributed by atoms with Crippen LogP contribution < -0.4 is 10.2 Å². The number of hydrogen-bond acceptors (Lipinski definition) is 9. The highest BCUT2D eigenvalue weighted by Crippen LogP contribution is 2.32. The van der Waals surface area contributed by atoms with Gasteiger partial charge in [0.15, 0.2) is 5.13 Å². The minimum atomic E-state index is 0.196. The van der Waals surface area contributed by atoms with E-state index in [1.165, 1.54) is 24.1 Å². The van der Waals surface area contributed by atoms with Gasteiger partial charge in [-0.15, -0.1) is 11.3 Å². The minimum Gasteiger partial charge on any atom is -0.341 e. The van der Waals surface area contributed by atoms with Crippen LogP contribution in [0.1, 0.15) is 60.2 Å². The molecule has 2 fully saturated rings. The fourth-order valence-corrected chi connectivity index (χ4v) is 5.23. The molecule has 0 bridgehead atoms. The Balaban J connectivity index is 1.32. The van der Waals surface area contributed by atoms with Gasteiger partial charge in [0, 0.05) is 48.7 Å². The van der Waals surface area contributed by atoms with Crippen LogP contribution in [0.25, 0.3) is 0 Å². The molecule has 3 aromatic heterocycles. The highest BCUT2D eigenvalue weighted by molar-refractivity contribution is 7.15. The minimum absolute atomic E-state index is 0.196. The summed E-state index contributed by atoms with van der Waals surface area (Å²) in [7, 11) is 0. The molecule has 3 aromatic rings. The molecular weight excluding hydrogens is 420 g/mol. The van der Waals surface area contributed by atoms with Crippen molar-refractivity contribution in [2.45, 2.75) is 58.5 Å². The molecule has 0 spiro atoms. The third-order valence-corrected chi connectivity index (χ3v) is 6.92. The normalized spacial score (nSPS) is 19.4. The van der Waals surface area contributed by atoms with Crippen LogP contribution in [0.4, 0.5) is 16.9 Å². The molecule has 1 N–H and O–H groups in total. The lowest BCUT2D eigenvalue weighted by atomic mass is 10.1. The van der Waals surface area contributed by atoms with Crippen LogP contribution in [0, 0.1) is 13.8 Å². The van der Waals surface area contributed by atoms with Crippen molar-refractivity contribution in [3.63, 3.8) is 0 Å². The number of piperidine rings is 1. The molecule has 5 heterocycles. The smallest absolute Gasteiger partial charge is 0.225 e. The summed E-state index contributed by atoms with van der Waals surface area (Å²) in [5, 5.41) is 4.21. The topological polar surface area (TPSA) is 83.0 Å². The second-order valence-electron chi connectivity index (χ2n) is 8.68. The van der Waals surface area contributed by atoms with Crippen molar-refractivity contribution in [1.82, 2.24) is 29.8 Å². The molecule has 8 nitrogen and oxygen atoms in total.